The zero-order valence-electron chi connectivity index (χ0n) is 7.90. The summed E-state index contributed by atoms with van der Waals surface area (Å²) in [4.78, 5) is 0. The Hall–Kier alpha value is -0.490. The highest BCUT2D eigenvalue weighted by molar-refractivity contribution is 9.10. The fourth-order valence-electron chi connectivity index (χ4n) is 1.07. The molecule has 0 aliphatic heterocycles. The Morgan fingerprint density at radius 3 is 2.67 bits per heavy atom. The van der Waals surface area contributed by atoms with Gasteiger partial charge >= 0.3 is 6.18 Å². The first-order chi connectivity index (χ1) is 6.99. The van der Waals surface area contributed by atoms with Crippen LogP contribution >= 0.6 is 15.9 Å². The number of furan rings is 1. The highest BCUT2D eigenvalue weighted by Gasteiger charge is 2.25. The largest absolute Gasteiger partial charge is 0.467 e. The highest BCUT2D eigenvalue weighted by Crippen LogP contribution is 2.21. The van der Waals surface area contributed by atoms with Gasteiger partial charge in [-0.1, -0.05) is 0 Å². The Morgan fingerprint density at radius 1 is 1.40 bits per heavy atom. The second kappa shape index (κ2) is 5.55. The third-order valence-electron chi connectivity index (χ3n) is 1.79. The van der Waals surface area contributed by atoms with E-state index in [2.05, 4.69) is 21.2 Å². The molecule has 1 aromatic heterocycles. The van der Waals surface area contributed by atoms with E-state index in [1.54, 1.807) is 6.07 Å². The quantitative estimate of drug-likeness (QED) is 0.838. The summed E-state index contributed by atoms with van der Waals surface area (Å²) in [5, 5.41) is 2.88. The fraction of sp³-hybridized carbons (Fsp3) is 0.556. The van der Waals surface area contributed by atoms with Crippen molar-refractivity contribution in [3.05, 3.63) is 22.6 Å². The summed E-state index contributed by atoms with van der Waals surface area (Å²) in [6.45, 7) is 0.762. The van der Waals surface area contributed by atoms with E-state index in [1.165, 1.54) is 6.26 Å². The molecule has 0 aliphatic carbocycles. The summed E-state index contributed by atoms with van der Waals surface area (Å²) < 4.78 is 41.2. The van der Waals surface area contributed by atoms with E-state index >= 15 is 0 Å². The Labute approximate surface area is 94.0 Å². The van der Waals surface area contributed by atoms with Crippen molar-refractivity contribution in [2.75, 3.05) is 6.54 Å². The normalized spacial score (nSPS) is 12.0. The van der Waals surface area contributed by atoms with Crippen molar-refractivity contribution in [1.29, 1.82) is 0 Å². The predicted molar refractivity (Wildman–Crippen MR) is 53.4 cm³/mol. The van der Waals surface area contributed by atoms with Crippen molar-refractivity contribution in [3.63, 3.8) is 0 Å². The van der Waals surface area contributed by atoms with Crippen molar-refractivity contribution in [2.24, 2.45) is 0 Å². The van der Waals surface area contributed by atoms with E-state index < -0.39 is 12.6 Å². The van der Waals surface area contributed by atoms with Crippen LogP contribution in [0.2, 0.25) is 0 Å². The molecular formula is C9H11BrF3NO. The second-order valence-corrected chi connectivity index (χ2v) is 3.94. The molecule has 0 saturated heterocycles. The van der Waals surface area contributed by atoms with Crippen molar-refractivity contribution in [3.8, 4) is 0 Å². The van der Waals surface area contributed by atoms with E-state index in [4.69, 9.17) is 4.42 Å². The van der Waals surface area contributed by atoms with Gasteiger partial charge in [-0.2, -0.15) is 13.2 Å². The maximum atomic E-state index is 11.8. The van der Waals surface area contributed by atoms with Gasteiger partial charge in [-0.05, 0) is 35.0 Å². The van der Waals surface area contributed by atoms with E-state index in [9.17, 15) is 13.2 Å². The van der Waals surface area contributed by atoms with Crippen molar-refractivity contribution < 1.29 is 17.6 Å². The van der Waals surface area contributed by atoms with Crippen molar-refractivity contribution >= 4 is 15.9 Å². The summed E-state index contributed by atoms with van der Waals surface area (Å²) >= 11 is 3.25. The van der Waals surface area contributed by atoms with E-state index in [0.717, 1.165) is 4.47 Å². The summed E-state index contributed by atoms with van der Waals surface area (Å²) in [5.74, 6) is 0.696. The van der Waals surface area contributed by atoms with Crippen LogP contribution in [0.25, 0.3) is 0 Å². The van der Waals surface area contributed by atoms with Crippen LogP contribution in [0.5, 0.6) is 0 Å². The lowest BCUT2D eigenvalue weighted by Crippen LogP contribution is -2.17. The van der Waals surface area contributed by atoms with Crippen LogP contribution < -0.4 is 5.32 Å². The van der Waals surface area contributed by atoms with Crippen LogP contribution in [0, 0.1) is 0 Å². The zero-order valence-corrected chi connectivity index (χ0v) is 9.49. The van der Waals surface area contributed by atoms with Gasteiger partial charge in [-0.15, -0.1) is 0 Å². The number of alkyl halides is 3. The predicted octanol–water partition coefficient (Wildman–Crippen LogP) is 3.47. The molecular weight excluding hydrogens is 275 g/mol. The van der Waals surface area contributed by atoms with Gasteiger partial charge in [0, 0.05) is 6.42 Å². The van der Waals surface area contributed by atoms with Crippen LogP contribution in [0.3, 0.4) is 0 Å². The van der Waals surface area contributed by atoms with Gasteiger partial charge in [0.2, 0.25) is 0 Å². The molecule has 1 aromatic rings. The molecule has 6 heteroatoms. The fourth-order valence-corrected chi connectivity index (χ4v) is 1.41. The Bertz CT molecular complexity index is 298. The van der Waals surface area contributed by atoms with Crippen molar-refractivity contribution in [2.45, 2.75) is 25.6 Å². The summed E-state index contributed by atoms with van der Waals surface area (Å²) in [6.07, 6.45) is -3.20. The minimum Gasteiger partial charge on any atom is -0.467 e. The molecule has 0 amide bonds. The number of hydrogen-bond donors (Lipinski definition) is 1. The molecule has 0 spiro atoms. The Morgan fingerprint density at radius 2 is 2.13 bits per heavy atom. The molecule has 1 N–H and O–H groups in total. The maximum absolute atomic E-state index is 11.8. The van der Waals surface area contributed by atoms with Crippen LogP contribution in [0.1, 0.15) is 18.6 Å². The summed E-state index contributed by atoms with van der Waals surface area (Å²) in [6, 6.07) is 1.74. The lowest BCUT2D eigenvalue weighted by molar-refractivity contribution is -0.135. The molecule has 0 radical (unpaired) electrons. The topological polar surface area (TPSA) is 25.2 Å². The summed E-state index contributed by atoms with van der Waals surface area (Å²) in [5.41, 5.74) is 0. The molecule has 0 unspecified atom stereocenters. The van der Waals surface area contributed by atoms with Gasteiger partial charge in [0.15, 0.2) is 0 Å². The average Bonchev–Trinajstić information content (AvgIpc) is 2.49. The van der Waals surface area contributed by atoms with E-state index in [-0.39, 0.29) is 6.42 Å². The molecule has 86 valence electrons. The molecule has 0 aliphatic rings. The van der Waals surface area contributed by atoms with Gasteiger partial charge in [-0.25, -0.2) is 0 Å². The van der Waals surface area contributed by atoms with Crippen LogP contribution in [-0.4, -0.2) is 12.7 Å². The lowest BCUT2D eigenvalue weighted by atomic mass is 10.3. The Kier molecular flexibility index (Phi) is 4.66. The standard InChI is InChI=1S/C9H11BrF3NO/c10-7-2-5-15-8(7)6-14-4-1-3-9(11,12)13/h2,5,14H,1,3-4,6H2. The maximum Gasteiger partial charge on any atom is 0.389 e. The molecule has 0 fully saturated rings. The first kappa shape index (κ1) is 12.6. The van der Waals surface area contributed by atoms with Gasteiger partial charge < -0.3 is 9.73 Å². The molecule has 0 bridgehead atoms. The van der Waals surface area contributed by atoms with Gasteiger partial charge in [0.05, 0.1) is 17.3 Å². The third-order valence-corrected chi connectivity index (χ3v) is 2.50. The molecule has 0 aromatic carbocycles. The molecule has 0 saturated carbocycles. The number of halogens is 4. The van der Waals surface area contributed by atoms with Gasteiger partial charge in [0.1, 0.15) is 5.76 Å². The second-order valence-electron chi connectivity index (χ2n) is 3.09. The van der Waals surface area contributed by atoms with Crippen LogP contribution in [-0.2, 0) is 6.54 Å². The van der Waals surface area contributed by atoms with Crippen LogP contribution in [0.15, 0.2) is 21.2 Å². The molecule has 0 atom stereocenters. The minimum absolute atomic E-state index is 0.0851. The number of hydrogen-bond acceptors (Lipinski definition) is 2. The average molecular weight is 286 g/mol. The lowest BCUT2D eigenvalue weighted by Gasteiger charge is -2.06. The van der Waals surface area contributed by atoms with Crippen LogP contribution in [0.4, 0.5) is 13.2 Å². The third kappa shape index (κ3) is 5.22. The highest BCUT2D eigenvalue weighted by atomic mass is 79.9. The number of rotatable bonds is 5. The van der Waals surface area contributed by atoms with Gasteiger partial charge in [0.25, 0.3) is 0 Å². The Balaban J connectivity index is 2.10. The van der Waals surface area contributed by atoms with Crippen molar-refractivity contribution in [1.82, 2.24) is 5.32 Å². The summed E-state index contributed by atoms with van der Waals surface area (Å²) in [7, 11) is 0. The van der Waals surface area contributed by atoms with E-state index in [1.807, 2.05) is 0 Å². The number of nitrogens with one attached hydrogen (secondary N) is 1. The molecule has 1 heterocycles. The minimum atomic E-state index is -4.06. The first-order valence-corrected chi connectivity index (χ1v) is 5.27. The van der Waals surface area contributed by atoms with Gasteiger partial charge in [-0.3, -0.25) is 0 Å². The smallest absolute Gasteiger partial charge is 0.389 e. The monoisotopic (exact) mass is 285 g/mol. The molecule has 15 heavy (non-hydrogen) atoms. The first-order valence-electron chi connectivity index (χ1n) is 4.48. The zero-order chi connectivity index (χ0) is 11.3. The van der Waals surface area contributed by atoms with E-state index in [0.29, 0.717) is 18.8 Å². The molecule has 1 rings (SSSR count). The SMILES string of the molecule is FC(F)(F)CCCNCc1occc1Br. The molecule has 2 nitrogen and oxygen atoms in total.